The number of hydrogen-bond acceptors (Lipinski definition) is 4. The van der Waals surface area contributed by atoms with E-state index in [1.54, 1.807) is 0 Å². The Bertz CT molecular complexity index is 460. The van der Waals surface area contributed by atoms with Crippen LogP contribution in [0.1, 0.15) is 45.1 Å². The minimum atomic E-state index is -0.300. The highest BCUT2D eigenvalue weighted by atomic mass is 32.1. The second-order valence-corrected chi connectivity index (χ2v) is 6.37. The van der Waals surface area contributed by atoms with Crippen molar-refractivity contribution in [2.45, 2.75) is 52.1 Å². The van der Waals surface area contributed by atoms with Gasteiger partial charge in [-0.05, 0) is 53.3 Å². The zero-order valence-corrected chi connectivity index (χ0v) is 14.0. The second-order valence-electron chi connectivity index (χ2n) is 5.66. The van der Waals surface area contributed by atoms with Crippen LogP contribution in [0.3, 0.4) is 0 Å². The van der Waals surface area contributed by atoms with Gasteiger partial charge in [0.2, 0.25) is 0 Å². The number of hydrogen-bond donors (Lipinski definition) is 2. The molecule has 0 aromatic carbocycles. The maximum Gasteiger partial charge on any atom is 0.186 e. The smallest absolute Gasteiger partial charge is 0.186 e. The van der Waals surface area contributed by atoms with Crippen LogP contribution in [-0.4, -0.2) is 22.6 Å². The van der Waals surface area contributed by atoms with Crippen molar-refractivity contribution in [3.63, 3.8) is 0 Å². The molecule has 0 unspecified atom stereocenters. The Morgan fingerprint density at radius 1 is 1.15 bits per heavy atom. The molecule has 1 aromatic rings. The molecule has 5 heteroatoms. The number of aromatic nitrogens is 1. The topological polar surface area (TPSA) is 60.3 Å². The Morgan fingerprint density at radius 2 is 1.70 bits per heavy atom. The third-order valence-electron chi connectivity index (χ3n) is 3.60. The molecule has 0 amide bonds. The highest BCUT2D eigenvalue weighted by Gasteiger charge is 2.49. The molecular weight excluding hydrogens is 272 g/mol. The fourth-order valence-corrected chi connectivity index (χ4v) is 2.28. The zero-order chi connectivity index (χ0) is 15.4. The maximum atomic E-state index is 6.05. The van der Waals surface area contributed by atoms with Crippen molar-refractivity contribution >= 4 is 11.5 Å². The van der Waals surface area contributed by atoms with E-state index >= 15 is 0 Å². The fraction of sp³-hybridized carbons (Fsp3) is 0.600. The standard InChI is InChI=1S/C14H21NO2S.CH5N/c1-10-6-7-15-18-9-11(8-10)12-16-13(2,3)14(4,5)17-12;1-2/h6-9,12,15H,1-5H3;2H2,1H3. The van der Waals surface area contributed by atoms with Crippen LogP contribution in [0.25, 0.3) is 0 Å². The van der Waals surface area contributed by atoms with Crippen molar-refractivity contribution in [3.05, 3.63) is 34.8 Å². The van der Waals surface area contributed by atoms with Gasteiger partial charge in [0, 0.05) is 17.1 Å². The molecule has 3 N–H and O–H groups in total. The van der Waals surface area contributed by atoms with Gasteiger partial charge >= 0.3 is 0 Å². The van der Waals surface area contributed by atoms with Gasteiger partial charge in [-0.2, -0.15) is 0 Å². The fourth-order valence-electron chi connectivity index (χ4n) is 1.75. The maximum absolute atomic E-state index is 6.05. The van der Waals surface area contributed by atoms with Gasteiger partial charge in [0.15, 0.2) is 6.29 Å². The van der Waals surface area contributed by atoms with Crippen LogP contribution in [0.2, 0.25) is 0 Å². The molecule has 114 valence electrons. The molecule has 1 aliphatic heterocycles. The normalized spacial score (nSPS) is 19.9. The quantitative estimate of drug-likeness (QED) is 0.831. The lowest BCUT2D eigenvalue weighted by Crippen LogP contribution is -2.41. The first kappa shape index (κ1) is 17.2. The van der Waals surface area contributed by atoms with E-state index in [0.29, 0.717) is 0 Å². The summed E-state index contributed by atoms with van der Waals surface area (Å²) in [7, 11) is 1.50. The van der Waals surface area contributed by atoms with Crippen molar-refractivity contribution in [1.82, 2.24) is 4.37 Å². The summed E-state index contributed by atoms with van der Waals surface area (Å²) in [6, 6.07) is 4.14. The van der Waals surface area contributed by atoms with Crippen molar-refractivity contribution in [2.24, 2.45) is 5.73 Å². The molecule has 0 aliphatic carbocycles. The van der Waals surface area contributed by atoms with Crippen molar-refractivity contribution < 1.29 is 9.47 Å². The summed E-state index contributed by atoms with van der Waals surface area (Å²) in [4.78, 5) is 0. The molecule has 0 saturated carbocycles. The Hall–Kier alpha value is -0.880. The number of aryl methyl sites for hydroxylation is 1. The van der Waals surface area contributed by atoms with Gasteiger partial charge in [0.1, 0.15) is 0 Å². The summed E-state index contributed by atoms with van der Waals surface area (Å²) >= 11 is 1.52. The highest BCUT2D eigenvalue weighted by molar-refractivity contribution is 7.03. The number of rotatable bonds is 1. The van der Waals surface area contributed by atoms with Crippen LogP contribution in [0, 0.1) is 6.92 Å². The Balaban J connectivity index is 0.000000956. The molecule has 1 aliphatic rings. The molecule has 2 heterocycles. The van der Waals surface area contributed by atoms with Crippen molar-refractivity contribution in [2.75, 3.05) is 7.05 Å². The largest absolute Gasteiger partial charge is 0.339 e. The Labute approximate surface area is 125 Å². The van der Waals surface area contributed by atoms with E-state index in [1.807, 2.05) is 17.6 Å². The molecule has 20 heavy (non-hydrogen) atoms. The Morgan fingerprint density at radius 3 is 2.25 bits per heavy atom. The van der Waals surface area contributed by atoms with Gasteiger partial charge in [-0.25, -0.2) is 0 Å². The van der Waals surface area contributed by atoms with Crippen LogP contribution in [-0.2, 0) is 9.47 Å². The van der Waals surface area contributed by atoms with Crippen molar-refractivity contribution in [3.8, 4) is 0 Å². The summed E-state index contributed by atoms with van der Waals surface area (Å²) in [6.07, 6.45) is 1.62. The number of nitrogens with two attached hydrogens (primary N) is 1. The second kappa shape index (κ2) is 6.72. The lowest BCUT2D eigenvalue weighted by molar-refractivity contribution is -0.0894. The summed E-state index contributed by atoms with van der Waals surface area (Å²) in [5.74, 6) is 0. The van der Waals surface area contributed by atoms with E-state index in [2.05, 4.69) is 50.8 Å². The van der Waals surface area contributed by atoms with Crippen molar-refractivity contribution in [1.29, 1.82) is 0 Å². The number of ether oxygens (including phenoxy) is 2. The molecule has 0 atom stereocenters. The predicted molar refractivity (Wildman–Crippen MR) is 84.2 cm³/mol. The molecular formula is C15H26N2O2S. The summed E-state index contributed by atoms with van der Waals surface area (Å²) in [6.45, 7) is 10.3. The van der Waals surface area contributed by atoms with Crippen LogP contribution >= 0.6 is 11.5 Å². The molecule has 4 nitrogen and oxygen atoms in total. The average molecular weight is 298 g/mol. The van der Waals surface area contributed by atoms with Gasteiger partial charge in [-0.15, -0.1) is 0 Å². The van der Waals surface area contributed by atoms with E-state index in [-0.39, 0.29) is 17.5 Å². The summed E-state index contributed by atoms with van der Waals surface area (Å²) < 4.78 is 15.2. The SMILES string of the molecule is CN.Cc1cc[nH]scc(C2OC(C)(C)C(C)(C)O2)c1. The van der Waals surface area contributed by atoms with E-state index in [4.69, 9.17) is 9.47 Å². The third kappa shape index (κ3) is 3.82. The summed E-state index contributed by atoms with van der Waals surface area (Å²) in [5.41, 5.74) is 6.13. The molecule has 1 aromatic heterocycles. The first-order valence-electron chi connectivity index (χ1n) is 6.71. The van der Waals surface area contributed by atoms with E-state index in [1.165, 1.54) is 24.1 Å². The first-order chi connectivity index (χ1) is 9.32. The zero-order valence-electron chi connectivity index (χ0n) is 13.2. The number of nitrogens with one attached hydrogen (secondary N) is 1. The van der Waals surface area contributed by atoms with Gasteiger partial charge in [0.05, 0.1) is 11.2 Å². The predicted octanol–water partition coefficient (Wildman–Crippen LogP) is 3.69. The van der Waals surface area contributed by atoms with Crippen LogP contribution in [0.15, 0.2) is 23.7 Å². The summed E-state index contributed by atoms with van der Waals surface area (Å²) in [5, 5.41) is 2.04. The minimum absolute atomic E-state index is 0.295. The molecule has 0 spiro atoms. The van der Waals surface area contributed by atoms with Gasteiger partial charge in [0.25, 0.3) is 0 Å². The van der Waals surface area contributed by atoms with E-state index in [0.717, 1.165) is 5.56 Å². The lowest BCUT2D eigenvalue weighted by atomic mass is 9.90. The molecule has 2 rings (SSSR count). The van der Waals surface area contributed by atoms with Crippen LogP contribution in [0.5, 0.6) is 0 Å². The van der Waals surface area contributed by atoms with Gasteiger partial charge in [-0.1, -0.05) is 17.6 Å². The van der Waals surface area contributed by atoms with Crippen LogP contribution in [0.4, 0.5) is 0 Å². The van der Waals surface area contributed by atoms with E-state index < -0.39 is 0 Å². The average Bonchev–Trinajstić information content (AvgIpc) is 2.55. The molecule has 0 radical (unpaired) electrons. The number of H-pyrrole nitrogens is 1. The number of aromatic amines is 1. The molecule has 1 saturated heterocycles. The lowest BCUT2D eigenvalue weighted by Gasteiger charge is -2.30. The van der Waals surface area contributed by atoms with E-state index in [9.17, 15) is 0 Å². The minimum Gasteiger partial charge on any atom is -0.339 e. The Kier molecular flexibility index (Phi) is 5.77. The van der Waals surface area contributed by atoms with Crippen LogP contribution < -0.4 is 5.73 Å². The molecule has 0 bridgehead atoms. The highest BCUT2D eigenvalue weighted by Crippen LogP contribution is 2.44. The first-order valence-corrected chi connectivity index (χ1v) is 7.59. The van der Waals surface area contributed by atoms with Gasteiger partial charge < -0.3 is 19.6 Å². The monoisotopic (exact) mass is 298 g/mol. The van der Waals surface area contributed by atoms with Gasteiger partial charge in [-0.3, -0.25) is 0 Å². The third-order valence-corrected chi connectivity index (χ3v) is 4.26. The molecule has 1 fully saturated rings.